The van der Waals surface area contributed by atoms with Gasteiger partial charge in [0.15, 0.2) is 6.07 Å². The predicted molar refractivity (Wildman–Crippen MR) is 84.7 cm³/mol. The molecule has 22 heavy (non-hydrogen) atoms. The van der Waals surface area contributed by atoms with Gasteiger partial charge < -0.3 is 9.47 Å². The summed E-state index contributed by atoms with van der Waals surface area (Å²) >= 11 is 5.46. The van der Waals surface area contributed by atoms with Crippen LogP contribution < -0.4 is 0 Å². The number of nitrogens with zero attached hydrogens (tertiary/aromatic N) is 1. The highest BCUT2D eigenvalue weighted by molar-refractivity contribution is 6.17. The van der Waals surface area contributed by atoms with Gasteiger partial charge in [-0.15, -0.1) is 0 Å². The molecule has 0 fully saturated rings. The lowest BCUT2D eigenvalue weighted by Crippen LogP contribution is -2.46. The van der Waals surface area contributed by atoms with E-state index in [0.717, 1.165) is 5.56 Å². The highest BCUT2D eigenvalue weighted by Crippen LogP contribution is 2.15. The summed E-state index contributed by atoms with van der Waals surface area (Å²) in [5, 5.41) is 0. The van der Waals surface area contributed by atoms with Crippen molar-refractivity contribution in [2.75, 3.05) is 13.1 Å². The second-order valence-corrected chi connectivity index (χ2v) is 6.09. The van der Waals surface area contributed by atoms with Crippen LogP contribution in [0.1, 0.15) is 26.3 Å². The molecule has 122 valence electrons. The second-order valence-electron chi connectivity index (χ2n) is 5.87. The Labute approximate surface area is 136 Å². The van der Waals surface area contributed by atoms with E-state index in [4.69, 9.17) is 21.1 Å². The maximum atomic E-state index is 12.2. The van der Waals surface area contributed by atoms with E-state index in [-0.39, 0.29) is 6.07 Å². The first-order valence-corrected chi connectivity index (χ1v) is 7.50. The van der Waals surface area contributed by atoms with Crippen LogP contribution in [0.3, 0.4) is 0 Å². The van der Waals surface area contributed by atoms with Crippen LogP contribution in [-0.2, 0) is 20.7 Å². The fourth-order valence-electron chi connectivity index (χ4n) is 1.83. The Morgan fingerprint density at radius 2 is 1.82 bits per heavy atom. The minimum atomic E-state index is -0.795. The summed E-state index contributed by atoms with van der Waals surface area (Å²) in [5.74, 6) is -0.563. The number of carbonyl (C=O) groups excluding carboxylic acids is 2. The molecule has 0 unspecified atom stereocenters. The SMILES string of the molecule is CN(C(=O)OC(C)(C)C)[C@@H](Cc1ccccc1)C(=O)OCCl. The van der Waals surface area contributed by atoms with Crippen LogP contribution in [0.25, 0.3) is 0 Å². The number of hydrogen-bond donors (Lipinski definition) is 0. The number of benzene rings is 1. The van der Waals surface area contributed by atoms with Crippen molar-refractivity contribution in [2.24, 2.45) is 0 Å². The van der Waals surface area contributed by atoms with Crippen molar-refractivity contribution in [1.29, 1.82) is 0 Å². The van der Waals surface area contributed by atoms with Crippen LogP contribution in [0.15, 0.2) is 30.3 Å². The van der Waals surface area contributed by atoms with Gasteiger partial charge in [-0.25, -0.2) is 9.59 Å². The van der Waals surface area contributed by atoms with Gasteiger partial charge in [-0.05, 0) is 26.3 Å². The zero-order valence-electron chi connectivity index (χ0n) is 13.3. The molecule has 0 aliphatic carbocycles. The summed E-state index contributed by atoms with van der Waals surface area (Å²) in [5.41, 5.74) is 0.272. The second kappa shape index (κ2) is 8.03. The molecule has 0 radical (unpaired) electrons. The lowest BCUT2D eigenvalue weighted by Gasteiger charge is -2.29. The number of esters is 1. The van der Waals surface area contributed by atoms with Gasteiger partial charge in [0, 0.05) is 13.5 Å². The molecule has 5 nitrogen and oxygen atoms in total. The molecule has 1 aromatic carbocycles. The van der Waals surface area contributed by atoms with E-state index in [2.05, 4.69) is 0 Å². The first-order chi connectivity index (χ1) is 10.2. The third-order valence-corrected chi connectivity index (χ3v) is 3.00. The quantitative estimate of drug-likeness (QED) is 0.615. The zero-order chi connectivity index (χ0) is 16.8. The van der Waals surface area contributed by atoms with Crippen molar-refractivity contribution in [3.05, 3.63) is 35.9 Å². The van der Waals surface area contributed by atoms with Crippen LogP contribution in [0.4, 0.5) is 4.79 Å². The maximum absolute atomic E-state index is 12.2. The number of ether oxygens (including phenoxy) is 2. The third kappa shape index (κ3) is 5.93. The molecule has 6 heteroatoms. The Balaban J connectivity index is 2.89. The van der Waals surface area contributed by atoms with Gasteiger partial charge in [0.05, 0.1) is 0 Å². The van der Waals surface area contributed by atoms with Crippen LogP contribution >= 0.6 is 11.6 Å². The van der Waals surface area contributed by atoms with Crippen molar-refractivity contribution in [3.8, 4) is 0 Å². The fourth-order valence-corrected chi connectivity index (χ4v) is 1.93. The van der Waals surface area contributed by atoms with E-state index < -0.39 is 23.7 Å². The van der Waals surface area contributed by atoms with E-state index in [1.807, 2.05) is 30.3 Å². The number of alkyl halides is 1. The highest BCUT2D eigenvalue weighted by Gasteiger charge is 2.31. The van der Waals surface area contributed by atoms with Crippen LogP contribution in [-0.4, -0.2) is 41.7 Å². The van der Waals surface area contributed by atoms with Crippen LogP contribution in [0.5, 0.6) is 0 Å². The zero-order valence-corrected chi connectivity index (χ0v) is 14.1. The first kappa shape index (κ1) is 18.3. The smallest absolute Gasteiger partial charge is 0.410 e. The van der Waals surface area contributed by atoms with Gasteiger partial charge in [-0.3, -0.25) is 4.90 Å². The van der Waals surface area contributed by atoms with Gasteiger partial charge in [-0.1, -0.05) is 41.9 Å². The summed E-state index contributed by atoms with van der Waals surface area (Å²) in [6, 6.07) is 8.32. The van der Waals surface area contributed by atoms with E-state index in [9.17, 15) is 9.59 Å². The van der Waals surface area contributed by atoms with Gasteiger partial charge in [0.1, 0.15) is 11.6 Å². The van der Waals surface area contributed by atoms with E-state index in [0.29, 0.717) is 6.42 Å². The van der Waals surface area contributed by atoms with Gasteiger partial charge in [0.25, 0.3) is 0 Å². The van der Waals surface area contributed by atoms with Gasteiger partial charge in [0.2, 0.25) is 0 Å². The van der Waals surface area contributed by atoms with E-state index in [1.54, 1.807) is 20.8 Å². The minimum absolute atomic E-state index is 0.258. The number of likely N-dealkylation sites (N-methyl/N-ethyl adjacent to an activating group) is 1. The van der Waals surface area contributed by atoms with Gasteiger partial charge >= 0.3 is 12.1 Å². The molecular weight excluding hydrogens is 306 g/mol. The Hall–Kier alpha value is -1.75. The third-order valence-electron chi connectivity index (χ3n) is 2.89. The maximum Gasteiger partial charge on any atom is 0.410 e. The van der Waals surface area contributed by atoms with Gasteiger partial charge in [-0.2, -0.15) is 0 Å². The molecule has 1 amide bonds. The summed E-state index contributed by atoms with van der Waals surface area (Å²) < 4.78 is 10.1. The molecule has 0 saturated heterocycles. The molecule has 0 heterocycles. The van der Waals surface area contributed by atoms with Crippen molar-refractivity contribution < 1.29 is 19.1 Å². The predicted octanol–water partition coefficient (Wildman–Crippen LogP) is 3.20. The van der Waals surface area contributed by atoms with Crippen LogP contribution in [0.2, 0.25) is 0 Å². The Morgan fingerprint density at radius 1 is 1.23 bits per heavy atom. The molecule has 0 spiro atoms. The molecule has 0 aliphatic heterocycles. The molecule has 0 aromatic heterocycles. The summed E-state index contributed by atoms with van der Waals surface area (Å²) in [6.07, 6.45) is -0.258. The normalized spacial score (nSPS) is 12.4. The molecular formula is C16H22ClNO4. The lowest BCUT2D eigenvalue weighted by molar-refractivity contribution is -0.147. The first-order valence-electron chi connectivity index (χ1n) is 6.97. The number of rotatable bonds is 5. The summed E-state index contributed by atoms with van der Waals surface area (Å²) in [6.45, 7) is 5.30. The number of halogens is 1. The van der Waals surface area contributed by atoms with Crippen molar-refractivity contribution in [1.82, 2.24) is 4.90 Å². The monoisotopic (exact) mass is 327 g/mol. The Morgan fingerprint density at radius 3 is 2.32 bits per heavy atom. The minimum Gasteiger partial charge on any atom is -0.448 e. The Bertz CT molecular complexity index is 499. The van der Waals surface area contributed by atoms with Crippen molar-refractivity contribution in [2.45, 2.75) is 38.8 Å². The molecule has 1 aromatic rings. The largest absolute Gasteiger partial charge is 0.448 e. The standard InChI is InChI=1S/C16H22ClNO4/c1-16(2,3)22-15(20)18(4)13(14(19)21-11-17)10-12-8-6-5-7-9-12/h5-9,13H,10-11H2,1-4H3/t13-/m0/s1. The fraction of sp³-hybridized carbons (Fsp3) is 0.500. The number of carbonyl (C=O) groups is 2. The van der Waals surface area contributed by atoms with Crippen LogP contribution in [0, 0.1) is 0 Å². The highest BCUT2D eigenvalue weighted by atomic mass is 35.5. The van der Waals surface area contributed by atoms with Crippen molar-refractivity contribution >= 4 is 23.7 Å². The van der Waals surface area contributed by atoms with E-state index in [1.165, 1.54) is 11.9 Å². The number of amides is 1. The molecule has 1 rings (SSSR count). The molecule has 0 saturated carbocycles. The average molecular weight is 328 g/mol. The summed E-state index contributed by atoms with van der Waals surface area (Å²) in [7, 11) is 1.51. The van der Waals surface area contributed by atoms with E-state index >= 15 is 0 Å². The molecule has 0 aliphatic rings. The summed E-state index contributed by atoms with van der Waals surface area (Å²) in [4.78, 5) is 25.5. The average Bonchev–Trinajstić information content (AvgIpc) is 2.43. The molecule has 0 N–H and O–H groups in total. The Kier molecular flexibility index (Phi) is 6.68. The molecule has 1 atom stereocenters. The molecule has 0 bridgehead atoms. The van der Waals surface area contributed by atoms with Crippen molar-refractivity contribution in [3.63, 3.8) is 0 Å². The lowest BCUT2D eigenvalue weighted by atomic mass is 10.1. The number of hydrogen-bond acceptors (Lipinski definition) is 4. The topological polar surface area (TPSA) is 55.8 Å².